The van der Waals surface area contributed by atoms with Crippen LogP contribution in [0.25, 0.3) is 0 Å². The van der Waals surface area contributed by atoms with Crippen molar-refractivity contribution in [3.63, 3.8) is 0 Å². The Balaban J connectivity index is 2.68. The fourth-order valence-corrected chi connectivity index (χ4v) is 2.55. The van der Waals surface area contributed by atoms with E-state index in [2.05, 4.69) is 0 Å². The molecule has 8 heteroatoms. The minimum Gasteiger partial charge on any atom is -0.395 e. The molecular weight excluding hydrogens is 285 g/mol. The molecule has 0 saturated heterocycles. The van der Waals surface area contributed by atoms with E-state index in [0.29, 0.717) is 0 Å². The summed E-state index contributed by atoms with van der Waals surface area (Å²) < 4.78 is 62.6. The molecule has 1 aliphatic carbocycles. The smallest absolute Gasteiger partial charge is 0.391 e. The topological polar surface area (TPSA) is 40.5 Å². The monoisotopic (exact) mass is 303 g/mol. The normalized spacial score (nSPS) is 23.9. The Morgan fingerprint density at radius 3 is 2.45 bits per heavy atom. The molecule has 0 aliphatic heterocycles. The van der Waals surface area contributed by atoms with Gasteiger partial charge >= 0.3 is 6.18 Å². The molecule has 0 heterocycles. The number of aliphatic hydroxyl groups excluding tert-OH is 1. The SMILES string of the molecule is O=C(C1CCCC(C(F)(F)F)C1)N(CCO)CC(F)F. The van der Waals surface area contributed by atoms with Crippen LogP contribution in [-0.4, -0.2) is 48.2 Å². The van der Waals surface area contributed by atoms with E-state index in [4.69, 9.17) is 5.11 Å². The summed E-state index contributed by atoms with van der Waals surface area (Å²) in [6.07, 6.45) is -6.98. The Bertz CT molecular complexity index is 321. The van der Waals surface area contributed by atoms with Gasteiger partial charge in [0.15, 0.2) is 0 Å². The van der Waals surface area contributed by atoms with Gasteiger partial charge in [-0.15, -0.1) is 0 Å². The molecule has 1 aliphatic rings. The minimum absolute atomic E-state index is 0.0257. The maximum atomic E-state index is 12.7. The third-order valence-corrected chi connectivity index (χ3v) is 3.53. The van der Waals surface area contributed by atoms with Crippen LogP contribution in [0.15, 0.2) is 0 Å². The predicted molar refractivity (Wildman–Crippen MR) is 61.2 cm³/mol. The molecule has 0 aromatic heterocycles. The zero-order valence-corrected chi connectivity index (χ0v) is 10.9. The number of aliphatic hydroxyl groups is 1. The van der Waals surface area contributed by atoms with Crippen molar-refractivity contribution in [2.24, 2.45) is 11.8 Å². The van der Waals surface area contributed by atoms with Crippen LogP contribution >= 0.6 is 0 Å². The molecule has 20 heavy (non-hydrogen) atoms. The van der Waals surface area contributed by atoms with Gasteiger partial charge < -0.3 is 10.0 Å². The second-order valence-electron chi connectivity index (χ2n) is 5.00. The summed E-state index contributed by atoms with van der Waals surface area (Å²) in [5, 5.41) is 8.76. The highest BCUT2D eigenvalue weighted by molar-refractivity contribution is 5.79. The molecule has 1 N–H and O–H groups in total. The molecule has 0 spiro atoms. The quantitative estimate of drug-likeness (QED) is 0.793. The van der Waals surface area contributed by atoms with Gasteiger partial charge in [-0.1, -0.05) is 6.42 Å². The number of halogens is 5. The Hall–Kier alpha value is -0.920. The first-order valence-electron chi connectivity index (χ1n) is 6.50. The number of hydrogen-bond acceptors (Lipinski definition) is 2. The van der Waals surface area contributed by atoms with Gasteiger partial charge in [0.05, 0.1) is 19.1 Å². The largest absolute Gasteiger partial charge is 0.395 e. The lowest BCUT2D eigenvalue weighted by atomic mass is 9.80. The maximum Gasteiger partial charge on any atom is 0.391 e. The number of hydrogen-bond donors (Lipinski definition) is 1. The molecule has 1 fully saturated rings. The van der Waals surface area contributed by atoms with Crippen molar-refractivity contribution in [2.75, 3.05) is 19.7 Å². The molecule has 1 saturated carbocycles. The number of alkyl halides is 5. The summed E-state index contributed by atoms with van der Waals surface area (Å²) in [5.41, 5.74) is 0. The van der Waals surface area contributed by atoms with Gasteiger partial charge in [-0.3, -0.25) is 4.79 Å². The van der Waals surface area contributed by atoms with E-state index in [9.17, 15) is 26.7 Å². The van der Waals surface area contributed by atoms with Gasteiger partial charge in [0.25, 0.3) is 6.43 Å². The standard InChI is InChI=1S/C12H18F5NO2/c13-10(14)7-18(4-5-19)11(20)8-2-1-3-9(6-8)12(15,16)17/h8-10,19H,1-7H2. The molecule has 0 bridgehead atoms. The molecule has 0 aromatic rings. The first-order chi connectivity index (χ1) is 9.25. The van der Waals surface area contributed by atoms with Crippen LogP contribution in [0.2, 0.25) is 0 Å². The molecule has 3 nitrogen and oxygen atoms in total. The van der Waals surface area contributed by atoms with Crippen molar-refractivity contribution in [1.29, 1.82) is 0 Å². The lowest BCUT2D eigenvalue weighted by Crippen LogP contribution is -2.43. The summed E-state index contributed by atoms with van der Waals surface area (Å²) in [7, 11) is 0. The summed E-state index contributed by atoms with van der Waals surface area (Å²) >= 11 is 0. The Morgan fingerprint density at radius 2 is 1.95 bits per heavy atom. The van der Waals surface area contributed by atoms with Crippen LogP contribution in [0.1, 0.15) is 25.7 Å². The van der Waals surface area contributed by atoms with E-state index in [1.54, 1.807) is 0 Å². The summed E-state index contributed by atoms with van der Waals surface area (Å²) in [6, 6.07) is 0. The van der Waals surface area contributed by atoms with Gasteiger partial charge in [0.2, 0.25) is 5.91 Å². The highest BCUT2D eigenvalue weighted by atomic mass is 19.4. The van der Waals surface area contributed by atoms with Crippen molar-refractivity contribution in [3.8, 4) is 0 Å². The van der Waals surface area contributed by atoms with Gasteiger partial charge in [-0.25, -0.2) is 8.78 Å². The van der Waals surface area contributed by atoms with Crippen molar-refractivity contribution < 1.29 is 31.9 Å². The van der Waals surface area contributed by atoms with E-state index in [-0.39, 0.29) is 32.2 Å². The molecule has 2 unspecified atom stereocenters. The van der Waals surface area contributed by atoms with Gasteiger partial charge in [-0.05, 0) is 19.3 Å². The van der Waals surface area contributed by atoms with Crippen LogP contribution in [0.3, 0.4) is 0 Å². The second kappa shape index (κ2) is 7.19. The van der Waals surface area contributed by atoms with Gasteiger partial charge in [-0.2, -0.15) is 13.2 Å². The number of carbonyl (C=O) groups excluding carboxylic acids is 1. The van der Waals surface area contributed by atoms with E-state index in [0.717, 1.165) is 4.90 Å². The van der Waals surface area contributed by atoms with Crippen LogP contribution in [-0.2, 0) is 4.79 Å². The molecule has 118 valence electrons. The van der Waals surface area contributed by atoms with Crippen LogP contribution < -0.4 is 0 Å². The summed E-state index contributed by atoms with van der Waals surface area (Å²) in [4.78, 5) is 12.8. The van der Waals surface area contributed by atoms with Crippen molar-refractivity contribution in [3.05, 3.63) is 0 Å². The van der Waals surface area contributed by atoms with Crippen LogP contribution in [0.5, 0.6) is 0 Å². The molecular formula is C12H18F5NO2. The third-order valence-electron chi connectivity index (χ3n) is 3.53. The molecule has 1 rings (SSSR count). The van der Waals surface area contributed by atoms with Crippen LogP contribution in [0, 0.1) is 11.8 Å². The number of nitrogens with zero attached hydrogens (tertiary/aromatic N) is 1. The van der Waals surface area contributed by atoms with E-state index in [1.165, 1.54) is 0 Å². The Kier molecular flexibility index (Phi) is 6.16. The number of rotatable bonds is 5. The Labute approximate surface area is 113 Å². The third kappa shape index (κ3) is 4.88. The van der Waals surface area contributed by atoms with Crippen molar-refractivity contribution in [2.45, 2.75) is 38.3 Å². The Morgan fingerprint density at radius 1 is 1.30 bits per heavy atom. The van der Waals surface area contributed by atoms with Crippen molar-refractivity contribution in [1.82, 2.24) is 4.90 Å². The predicted octanol–water partition coefficient (Wildman–Crippen LogP) is 2.44. The molecule has 1 amide bonds. The molecule has 0 radical (unpaired) electrons. The second-order valence-corrected chi connectivity index (χ2v) is 5.00. The van der Waals surface area contributed by atoms with E-state index < -0.39 is 43.5 Å². The number of carbonyl (C=O) groups is 1. The zero-order chi connectivity index (χ0) is 15.3. The zero-order valence-electron chi connectivity index (χ0n) is 10.9. The number of amides is 1. The average Bonchev–Trinajstić information content (AvgIpc) is 2.36. The lowest BCUT2D eigenvalue weighted by molar-refractivity contribution is -0.187. The highest BCUT2D eigenvalue weighted by Crippen LogP contribution is 2.40. The van der Waals surface area contributed by atoms with E-state index in [1.807, 2.05) is 0 Å². The fraction of sp³-hybridized carbons (Fsp3) is 0.917. The van der Waals surface area contributed by atoms with Gasteiger partial charge in [0.1, 0.15) is 0 Å². The molecule has 2 atom stereocenters. The van der Waals surface area contributed by atoms with Crippen LogP contribution in [0.4, 0.5) is 22.0 Å². The molecule has 0 aromatic carbocycles. The van der Waals surface area contributed by atoms with E-state index >= 15 is 0 Å². The minimum atomic E-state index is -4.36. The summed E-state index contributed by atoms with van der Waals surface area (Å²) in [6.45, 7) is -1.63. The van der Waals surface area contributed by atoms with Gasteiger partial charge in [0, 0.05) is 12.5 Å². The first-order valence-corrected chi connectivity index (χ1v) is 6.50. The maximum absolute atomic E-state index is 12.7. The first kappa shape index (κ1) is 17.1. The highest BCUT2D eigenvalue weighted by Gasteiger charge is 2.44. The van der Waals surface area contributed by atoms with Crippen molar-refractivity contribution >= 4 is 5.91 Å². The fourth-order valence-electron chi connectivity index (χ4n) is 2.55. The lowest BCUT2D eigenvalue weighted by Gasteiger charge is -2.33. The summed E-state index contributed by atoms with van der Waals surface area (Å²) in [5.74, 6) is -3.15. The average molecular weight is 303 g/mol.